The fourth-order valence-electron chi connectivity index (χ4n) is 2.56. The van der Waals surface area contributed by atoms with E-state index >= 15 is 0 Å². The quantitative estimate of drug-likeness (QED) is 0.449. The number of ether oxygens (including phenoxy) is 2. The first kappa shape index (κ1) is 19.5. The van der Waals surface area contributed by atoms with Gasteiger partial charge in [0.2, 0.25) is 0 Å². The summed E-state index contributed by atoms with van der Waals surface area (Å²) < 4.78 is 25.5. The summed E-state index contributed by atoms with van der Waals surface area (Å²) in [5.41, 5.74) is 2.74. The van der Waals surface area contributed by atoms with Gasteiger partial charge in [-0.2, -0.15) is 0 Å². The van der Waals surface area contributed by atoms with Crippen molar-refractivity contribution in [1.82, 2.24) is 0 Å². The second kappa shape index (κ2) is 9.11. The Labute approximate surface area is 171 Å². The van der Waals surface area contributed by atoms with Crippen molar-refractivity contribution in [2.45, 2.75) is 13.2 Å². The van der Waals surface area contributed by atoms with Crippen LogP contribution in [-0.4, -0.2) is 7.11 Å². The lowest BCUT2D eigenvalue weighted by molar-refractivity contribution is 0.281. The van der Waals surface area contributed by atoms with E-state index in [1.54, 1.807) is 19.2 Å². The fourth-order valence-corrected chi connectivity index (χ4v) is 3.14. The van der Waals surface area contributed by atoms with Crippen LogP contribution in [0.2, 0.25) is 5.02 Å². The number of methoxy groups -OCH3 is 1. The molecule has 1 N–H and O–H groups in total. The molecule has 0 atom stereocenters. The highest BCUT2D eigenvalue weighted by Gasteiger charge is 2.15. The van der Waals surface area contributed by atoms with Crippen molar-refractivity contribution in [1.29, 1.82) is 0 Å². The Morgan fingerprint density at radius 2 is 1.70 bits per heavy atom. The van der Waals surface area contributed by atoms with E-state index in [1.807, 2.05) is 36.4 Å². The normalized spacial score (nSPS) is 10.5. The molecule has 0 aliphatic heterocycles. The fraction of sp³-hybridized carbons (Fsp3) is 0.143. The molecule has 0 aliphatic rings. The maximum atomic E-state index is 13.1. The highest BCUT2D eigenvalue weighted by Crippen LogP contribution is 2.37. The lowest BCUT2D eigenvalue weighted by Crippen LogP contribution is -2.06. The van der Waals surface area contributed by atoms with Crippen LogP contribution in [0, 0.1) is 5.82 Å². The van der Waals surface area contributed by atoms with Gasteiger partial charge in [0.1, 0.15) is 12.4 Å². The van der Waals surface area contributed by atoms with Crippen LogP contribution >= 0.6 is 27.5 Å². The Morgan fingerprint density at radius 1 is 1.00 bits per heavy atom. The zero-order valence-electron chi connectivity index (χ0n) is 14.6. The molecule has 140 valence electrons. The van der Waals surface area contributed by atoms with E-state index in [0.29, 0.717) is 29.7 Å². The Hall–Kier alpha value is -2.24. The van der Waals surface area contributed by atoms with E-state index in [1.165, 1.54) is 12.1 Å². The second-order valence-electron chi connectivity index (χ2n) is 5.83. The summed E-state index contributed by atoms with van der Waals surface area (Å²) >= 11 is 9.52. The minimum atomic E-state index is -0.272. The number of halogens is 3. The molecular weight excluding hydrogens is 433 g/mol. The number of benzene rings is 3. The smallest absolute Gasteiger partial charge is 0.167 e. The van der Waals surface area contributed by atoms with Gasteiger partial charge in [0.05, 0.1) is 7.11 Å². The van der Waals surface area contributed by atoms with Crippen LogP contribution in [0.15, 0.2) is 65.1 Å². The van der Waals surface area contributed by atoms with Crippen molar-refractivity contribution >= 4 is 33.2 Å². The van der Waals surface area contributed by atoms with Crippen molar-refractivity contribution in [3.63, 3.8) is 0 Å². The Balaban J connectivity index is 1.81. The van der Waals surface area contributed by atoms with Crippen LogP contribution in [0.25, 0.3) is 0 Å². The second-order valence-corrected chi connectivity index (χ2v) is 7.12. The Bertz CT molecular complexity index is 901. The van der Waals surface area contributed by atoms with E-state index < -0.39 is 0 Å². The molecule has 0 bridgehead atoms. The number of anilines is 1. The highest BCUT2D eigenvalue weighted by molar-refractivity contribution is 9.10. The molecular formula is C21H18BrClFNO2. The average molecular weight is 451 g/mol. The summed E-state index contributed by atoms with van der Waals surface area (Å²) in [6.45, 7) is 0.833. The predicted molar refractivity (Wildman–Crippen MR) is 110 cm³/mol. The third-order valence-electron chi connectivity index (χ3n) is 4.00. The third kappa shape index (κ3) is 5.15. The molecule has 27 heavy (non-hydrogen) atoms. The minimum absolute atomic E-state index is 0.272. The number of hydrogen-bond donors (Lipinski definition) is 1. The van der Waals surface area contributed by atoms with Gasteiger partial charge in [-0.05, 0) is 54.1 Å². The van der Waals surface area contributed by atoms with Gasteiger partial charge in [-0.1, -0.05) is 39.7 Å². The molecule has 0 fully saturated rings. The van der Waals surface area contributed by atoms with E-state index in [4.69, 9.17) is 21.1 Å². The van der Waals surface area contributed by atoms with E-state index in [0.717, 1.165) is 21.3 Å². The number of nitrogens with one attached hydrogen (secondary N) is 1. The maximum Gasteiger partial charge on any atom is 0.167 e. The van der Waals surface area contributed by atoms with Crippen molar-refractivity contribution in [3.05, 3.63) is 87.1 Å². The van der Waals surface area contributed by atoms with Crippen LogP contribution in [0.4, 0.5) is 10.1 Å². The monoisotopic (exact) mass is 449 g/mol. The summed E-state index contributed by atoms with van der Waals surface area (Å²) in [5.74, 6) is 0.998. The molecule has 3 rings (SSSR count). The largest absolute Gasteiger partial charge is 0.493 e. The van der Waals surface area contributed by atoms with E-state index in [2.05, 4.69) is 21.2 Å². The first-order chi connectivity index (χ1) is 13.1. The summed E-state index contributed by atoms with van der Waals surface area (Å²) in [4.78, 5) is 0. The number of hydrogen-bond acceptors (Lipinski definition) is 3. The number of rotatable bonds is 7. The van der Waals surface area contributed by atoms with Gasteiger partial charge in [-0.25, -0.2) is 4.39 Å². The zero-order valence-corrected chi connectivity index (χ0v) is 17.0. The van der Waals surface area contributed by atoms with Gasteiger partial charge in [0.25, 0.3) is 0 Å². The van der Waals surface area contributed by atoms with E-state index in [-0.39, 0.29) is 5.82 Å². The van der Waals surface area contributed by atoms with Gasteiger partial charge < -0.3 is 14.8 Å². The molecule has 0 radical (unpaired) electrons. The van der Waals surface area contributed by atoms with Crippen molar-refractivity contribution in [3.8, 4) is 11.5 Å². The molecule has 6 heteroatoms. The van der Waals surface area contributed by atoms with Gasteiger partial charge >= 0.3 is 0 Å². The van der Waals surface area contributed by atoms with Crippen LogP contribution < -0.4 is 14.8 Å². The molecule has 0 aliphatic carbocycles. The molecule has 0 aromatic heterocycles. The topological polar surface area (TPSA) is 30.5 Å². The highest BCUT2D eigenvalue weighted by atomic mass is 79.9. The maximum absolute atomic E-state index is 13.1. The molecule has 0 heterocycles. The van der Waals surface area contributed by atoms with Crippen LogP contribution in [-0.2, 0) is 13.2 Å². The third-order valence-corrected chi connectivity index (χ3v) is 4.99. The average Bonchev–Trinajstić information content (AvgIpc) is 2.68. The summed E-state index contributed by atoms with van der Waals surface area (Å²) in [7, 11) is 1.60. The Kier molecular flexibility index (Phi) is 6.58. The SMILES string of the molecule is COc1ccc(Br)c(CNc2ccc(Cl)cc2)c1OCc1ccc(F)cc1. The molecule has 0 saturated heterocycles. The summed E-state index contributed by atoms with van der Waals surface area (Å²) in [5, 5.41) is 4.04. The van der Waals surface area contributed by atoms with Crippen LogP contribution in [0.3, 0.4) is 0 Å². The van der Waals surface area contributed by atoms with Crippen LogP contribution in [0.5, 0.6) is 11.5 Å². The standard InChI is InChI=1S/C21H18BrClFNO2/c1-26-20-11-10-19(22)18(12-25-17-8-4-15(23)5-9-17)21(20)27-13-14-2-6-16(24)7-3-14/h2-11,25H,12-13H2,1H3. The first-order valence-corrected chi connectivity index (χ1v) is 9.46. The van der Waals surface area contributed by atoms with Gasteiger partial charge in [-0.15, -0.1) is 0 Å². The summed E-state index contributed by atoms with van der Waals surface area (Å²) in [6.07, 6.45) is 0. The molecule has 0 unspecified atom stereocenters. The zero-order chi connectivity index (χ0) is 19.2. The molecule has 0 amide bonds. The molecule has 0 spiro atoms. The van der Waals surface area contributed by atoms with Crippen molar-refractivity contribution < 1.29 is 13.9 Å². The molecule has 3 aromatic rings. The van der Waals surface area contributed by atoms with Gasteiger partial charge in [0.15, 0.2) is 11.5 Å². The van der Waals surface area contributed by atoms with Gasteiger partial charge in [0, 0.05) is 27.3 Å². The Morgan fingerprint density at radius 3 is 2.37 bits per heavy atom. The summed E-state index contributed by atoms with van der Waals surface area (Å²) in [6, 6.07) is 17.5. The van der Waals surface area contributed by atoms with Gasteiger partial charge in [-0.3, -0.25) is 0 Å². The van der Waals surface area contributed by atoms with Crippen molar-refractivity contribution in [2.75, 3.05) is 12.4 Å². The lowest BCUT2D eigenvalue weighted by Gasteiger charge is -2.17. The molecule has 0 saturated carbocycles. The molecule has 3 nitrogen and oxygen atoms in total. The van der Waals surface area contributed by atoms with Crippen LogP contribution in [0.1, 0.15) is 11.1 Å². The van der Waals surface area contributed by atoms with E-state index in [9.17, 15) is 4.39 Å². The van der Waals surface area contributed by atoms with Crippen molar-refractivity contribution in [2.24, 2.45) is 0 Å². The lowest BCUT2D eigenvalue weighted by atomic mass is 10.1. The first-order valence-electron chi connectivity index (χ1n) is 8.29. The molecule has 3 aromatic carbocycles. The predicted octanol–water partition coefficient (Wildman–Crippen LogP) is 6.44. The minimum Gasteiger partial charge on any atom is -0.493 e.